The van der Waals surface area contributed by atoms with Crippen molar-refractivity contribution in [2.45, 2.75) is 48.5 Å². The van der Waals surface area contributed by atoms with Gasteiger partial charge in [-0.2, -0.15) is 0 Å². The van der Waals surface area contributed by atoms with Crippen molar-refractivity contribution >= 4 is 11.8 Å². The van der Waals surface area contributed by atoms with Crippen LogP contribution in [0.4, 0.5) is 4.39 Å². The van der Waals surface area contributed by atoms with E-state index in [4.69, 9.17) is 15.9 Å². The molecule has 0 atom stereocenters. The fraction of sp³-hybridized carbons (Fsp3) is 0.267. The van der Waals surface area contributed by atoms with Crippen molar-refractivity contribution in [3.05, 3.63) is 94.8 Å². The molecular weight excluding hydrogens is 443 g/mol. The van der Waals surface area contributed by atoms with E-state index in [9.17, 15) is 14.0 Å². The number of esters is 1. The van der Waals surface area contributed by atoms with Crippen LogP contribution in [-0.4, -0.2) is 18.4 Å². The lowest BCUT2D eigenvalue weighted by atomic mass is 10.0. The highest BCUT2D eigenvalue weighted by Gasteiger charge is 2.13. The first-order valence-corrected chi connectivity index (χ1v) is 11.8. The first-order valence-electron chi connectivity index (χ1n) is 11.8. The number of carbonyl (C=O) groups excluding carboxylic acids is 2. The largest absolute Gasteiger partial charge is 0.481 e. The van der Waals surface area contributed by atoms with E-state index in [2.05, 4.69) is 5.92 Å². The number of hydrogen-bond acceptors (Lipinski definition) is 4. The first-order chi connectivity index (χ1) is 17.0. The maximum absolute atomic E-state index is 13.5. The number of terminal acetylenes is 1. The molecule has 0 N–H and O–H groups in total. The molecule has 0 amide bonds. The van der Waals surface area contributed by atoms with Crippen molar-refractivity contribution in [3.8, 4) is 23.8 Å². The van der Waals surface area contributed by atoms with E-state index in [0.29, 0.717) is 22.4 Å². The molecule has 0 unspecified atom stereocenters. The predicted molar refractivity (Wildman–Crippen MR) is 141 cm³/mol. The Labute approximate surface area is 209 Å². The van der Waals surface area contributed by atoms with Crippen LogP contribution in [-0.2, 0) is 0 Å². The van der Waals surface area contributed by atoms with Crippen molar-refractivity contribution < 1.29 is 23.5 Å². The van der Waals surface area contributed by atoms with Crippen LogP contribution >= 0.6 is 0 Å². The standard InChI is InChI=1S/C24H17FO4.3C2H6/c1-3-12-28-21-8-4-17(5-9-21)23(26)18-6-10-22(11-7-18)29-24(27)19-13-16(2)14-20(25)15-19;3*1-2/h1,4-11,13-15H,12H2,2H3;3*1-2H3. The second-order valence-corrected chi connectivity index (χ2v) is 6.28. The third-order valence-corrected chi connectivity index (χ3v) is 4.04. The van der Waals surface area contributed by atoms with E-state index < -0.39 is 11.8 Å². The molecule has 4 nitrogen and oxygen atoms in total. The van der Waals surface area contributed by atoms with Crippen LogP contribution in [0.1, 0.15) is 73.4 Å². The highest BCUT2D eigenvalue weighted by Crippen LogP contribution is 2.19. The minimum absolute atomic E-state index is 0.120. The lowest BCUT2D eigenvalue weighted by Gasteiger charge is -2.07. The summed E-state index contributed by atoms with van der Waals surface area (Å²) in [6.45, 7) is 13.8. The fourth-order valence-electron chi connectivity index (χ4n) is 2.69. The first kappa shape index (κ1) is 31.1. The quantitative estimate of drug-likeness (QED) is 0.158. The SMILES string of the molecule is C#CCOc1ccc(C(=O)c2ccc(OC(=O)c3cc(C)cc(F)c3)cc2)cc1.CC.CC.CC. The molecule has 0 radical (unpaired) electrons. The molecule has 3 rings (SSSR count). The number of aryl methyl sites for hydroxylation is 1. The van der Waals surface area contributed by atoms with Gasteiger partial charge in [0.1, 0.15) is 23.9 Å². The minimum Gasteiger partial charge on any atom is -0.481 e. The Bertz CT molecular complexity index is 1060. The van der Waals surface area contributed by atoms with Gasteiger partial charge in [-0.15, -0.1) is 6.42 Å². The Hall–Kier alpha value is -3.91. The molecule has 0 aromatic heterocycles. The summed E-state index contributed by atoms with van der Waals surface area (Å²) in [5.41, 5.74) is 1.66. The van der Waals surface area contributed by atoms with Crippen molar-refractivity contribution in [2.75, 3.05) is 6.61 Å². The maximum atomic E-state index is 13.5. The Morgan fingerprint density at radius 3 is 1.71 bits per heavy atom. The van der Waals surface area contributed by atoms with Crippen molar-refractivity contribution in [1.82, 2.24) is 0 Å². The molecule has 0 spiro atoms. The van der Waals surface area contributed by atoms with Gasteiger partial charge in [0, 0.05) is 11.1 Å². The zero-order valence-electron chi connectivity index (χ0n) is 21.6. The number of carbonyl (C=O) groups is 2. The molecule has 0 fully saturated rings. The van der Waals surface area contributed by atoms with Gasteiger partial charge in [-0.05, 0) is 79.2 Å². The van der Waals surface area contributed by atoms with Crippen LogP contribution in [0.5, 0.6) is 11.5 Å². The summed E-state index contributed by atoms with van der Waals surface area (Å²) in [7, 11) is 0. The van der Waals surface area contributed by atoms with Crippen LogP contribution in [0.15, 0.2) is 66.7 Å². The highest BCUT2D eigenvalue weighted by atomic mass is 19.1. The van der Waals surface area contributed by atoms with Crippen molar-refractivity contribution in [1.29, 1.82) is 0 Å². The Kier molecular flexibility index (Phi) is 15.6. The summed E-state index contributed by atoms with van der Waals surface area (Å²) in [6.07, 6.45) is 5.14. The molecule has 0 aliphatic carbocycles. The van der Waals surface area contributed by atoms with Gasteiger partial charge >= 0.3 is 5.97 Å². The molecule has 3 aromatic rings. The molecule has 0 bridgehead atoms. The second-order valence-electron chi connectivity index (χ2n) is 6.28. The molecule has 0 saturated carbocycles. The molecule has 0 saturated heterocycles. The third kappa shape index (κ3) is 10.3. The van der Waals surface area contributed by atoms with Crippen LogP contribution in [0.2, 0.25) is 0 Å². The summed E-state index contributed by atoms with van der Waals surface area (Å²) in [4.78, 5) is 24.8. The zero-order valence-corrected chi connectivity index (χ0v) is 21.6. The number of rotatable bonds is 6. The molecular formula is C30H35FO4. The van der Waals surface area contributed by atoms with Gasteiger partial charge < -0.3 is 9.47 Å². The second kappa shape index (κ2) is 17.6. The molecule has 35 heavy (non-hydrogen) atoms. The van der Waals surface area contributed by atoms with Gasteiger partial charge in [-0.1, -0.05) is 47.5 Å². The molecule has 0 aliphatic rings. The van der Waals surface area contributed by atoms with Crippen molar-refractivity contribution in [2.24, 2.45) is 0 Å². The number of hydrogen-bond donors (Lipinski definition) is 0. The fourth-order valence-corrected chi connectivity index (χ4v) is 2.69. The van der Waals surface area contributed by atoms with E-state index in [1.54, 1.807) is 49.4 Å². The van der Waals surface area contributed by atoms with Gasteiger partial charge in [-0.25, -0.2) is 9.18 Å². The van der Waals surface area contributed by atoms with Crippen molar-refractivity contribution in [3.63, 3.8) is 0 Å². The van der Waals surface area contributed by atoms with Crippen LogP contribution < -0.4 is 9.47 Å². The third-order valence-electron chi connectivity index (χ3n) is 4.04. The number of benzene rings is 3. The van der Waals surface area contributed by atoms with Gasteiger partial charge in [0.25, 0.3) is 0 Å². The number of halogens is 1. The zero-order chi connectivity index (χ0) is 26.8. The molecule has 5 heteroatoms. The summed E-state index contributed by atoms with van der Waals surface area (Å²) in [5, 5.41) is 0. The van der Waals surface area contributed by atoms with E-state index >= 15 is 0 Å². The van der Waals surface area contributed by atoms with E-state index in [0.717, 1.165) is 6.07 Å². The number of ether oxygens (including phenoxy) is 2. The average Bonchev–Trinajstić information content (AvgIpc) is 2.90. The van der Waals surface area contributed by atoms with E-state index in [-0.39, 0.29) is 23.7 Å². The molecule has 186 valence electrons. The Morgan fingerprint density at radius 2 is 1.26 bits per heavy atom. The summed E-state index contributed by atoms with van der Waals surface area (Å²) in [6, 6.07) is 16.8. The average molecular weight is 479 g/mol. The predicted octanol–water partition coefficient (Wildman–Crippen LogP) is 7.67. The van der Waals surface area contributed by atoms with Crippen LogP contribution in [0.3, 0.4) is 0 Å². The minimum atomic E-state index is -0.672. The molecule has 0 aliphatic heterocycles. The Morgan fingerprint density at radius 1 is 0.771 bits per heavy atom. The summed E-state index contributed by atoms with van der Waals surface area (Å²) >= 11 is 0. The topological polar surface area (TPSA) is 52.6 Å². The van der Waals surface area contributed by atoms with Crippen LogP contribution in [0.25, 0.3) is 0 Å². The highest BCUT2D eigenvalue weighted by molar-refractivity contribution is 6.09. The van der Waals surface area contributed by atoms with Gasteiger partial charge in [-0.3, -0.25) is 4.79 Å². The number of ketones is 1. The van der Waals surface area contributed by atoms with E-state index in [1.165, 1.54) is 18.2 Å². The summed E-state index contributed by atoms with van der Waals surface area (Å²) in [5.74, 6) is 1.84. The monoisotopic (exact) mass is 478 g/mol. The Balaban J connectivity index is 0.00000179. The van der Waals surface area contributed by atoms with Gasteiger partial charge in [0.05, 0.1) is 5.56 Å². The summed E-state index contributed by atoms with van der Waals surface area (Å²) < 4.78 is 24.0. The lowest BCUT2D eigenvalue weighted by molar-refractivity contribution is 0.0734. The molecule has 0 heterocycles. The van der Waals surface area contributed by atoms with E-state index in [1.807, 2.05) is 41.5 Å². The van der Waals surface area contributed by atoms with Crippen LogP contribution in [0, 0.1) is 25.1 Å². The van der Waals surface area contributed by atoms with Gasteiger partial charge in [0.15, 0.2) is 5.78 Å². The molecule has 3 aromatic carbocycles. The maximum Gasteiger partial charge on any atom is 0.343 e. The van der Waals surface area contributed by atoms with Gasteiger partial charge in [0.2, 0.25) is 0 Å². The lowest BCUT2D eigenvalue weighted by Crippen LogP contribution is -2.09. The normalized spacial score (nSPS) is 8.89. The smallest absolute Gasteiger partial charge is 0.343 e.